The van der Waals surface area contributed by atoms with Crippen LogP contribution in [0.15, 0.2) is 47.9 Å². The first-order chi connectivity index (χ1) is 9.51. The zero-order chi connectivity index (χ0) is 14.6. The van der Waals surface area contributed by atoms with Crippen LogP contribution in [0.5, 0.6) is 0 Å². The molecule has 0 aliphatic heterocycles. The molecule has 20 heavy (non-hydrogen) atoms. The molecule has 1 aromatic carbocycles. The third-order valence-electron chi connectivity index (χ3n) is 2.85. The highest BCUT2D eigenvalue weighted by molar-refractivity contribution is 7.89. The van der Waals surface area contributed by atoms with Gasteiger partial charge >= 0.3 is 0 Å². The third kappa shape index (κ3) is 3.58. The van der Waals surface area contributed by atoms with E-state index in [0.717, 1.165) is 5.69 Å². The van der Waals surface area contributed by atoms with Gasteiger partial charge in [-0.05, 0) is 31.2 Å². The van der Waals surface area contributed by atoms with E-state index < -0.39 is 10.0 Å². The van der Waals surface area contributed by atoms with Crippen molar-refractivity contribution in [3.05, 3.63) is 43.0 Å². The number of anilines is 1. The number of imidazole rings is 1. The van der Waals surface area contributed by atoms with Gasteiger partial charge in [-0.15, -0.1) is 0 Å². The molecule has 0 amide bonds. The largest absolute Gasteiger partial charge is 0.388 e. The zero-order valence-electron chi connectivity index (χ0n) is 11.4. The van der Waals surface area contributed by atoms with Gasteiger partial charge < -0.3 is 9.88 Å². The average molecular weight is 294 g/mol. The Balaban J connectivity index is 2.05. The molecule has 7 heteroatoms. The summed E-state index contributed by atoms with van der Waals surface area (Å²) in [6.07, 6.45) is 5.12. The Labute approximate surface area is 118 Å². The first-order valence-electron chi connectivity index (χ1n) is 6.27. The summed E-state index contributed by atoms with van der Waals surface area (Å²) in [5, 5.41) is 2.95. The van der Waals surface area contributed by atoms with Gasteiger partial charge in [0.25, 0.3) is 0 Å². The SMILES string of the molecule is CNc1ccc(S(=O)(=O)NC(C)Cn2ccnc2)cc1. The van der Waals surface area contributed by atoms with Crippen molar-refractivity contribution in [1.82, 2.24) is 14.3 Å². The molecule has 1 atom stereocenters. The molecule has 2 rings (SSSR count). The molecule has 6 nitrogen and oxygen atoms in total. The van der Waals surface area contributed by atoms with Crippen LogP contribution in [0.1, 0.15) is 6.92 Å². The summed E-state index contributed by atoms with van der Waals surface area (Å²) < 4.78 is 28.9. The van der Waals surface area contributed by atoms with Crippen molar-refractivity contribution >= 4 is 15.7 Å². The smallest absolute Gasteiger partial charge is 0.240 e. The number of benzene rings is 1. The van der Waals surface area contributed by atoms with Crippen molar-refractivity contribution in [3.8, 4) is 0 Å². The fourth-order valence-electron chi connectivity index (χ4n) is 1.88. The molecule has 2 N–H and O–H groups in total. The van der Waals surface area contributed by atoms with E-state index in [9.17, 15) is 8.42 Å². The van der Waals surface area contributed by atoms with Crippen LogP contribution in [0.2, 0.25) is 0 Å². The minimum Gasteiger partial charge on any atom is -0.388 e. The Kier molecular flexibility index (Phi) is 4.41. The quantitative estimate of drug-likeness (QED) is 0.842. The number of hydrogen-bond acceptors (Lipinski definition) is 4. The maximum atomic E-state index is 12.2. The summed E-state index contributed by atoms with van der Waals surface area (Å²) in [6, 6.07) is 6.40. The van der Waals surface area contributed by atoms with E-state index in [0.29, 0.717) is 6.54 Å². The fraction of sp³-hybridized carbons (Fsp3) is 0.308. The van der Waals surface area contributed by atoms with E-state index in [4.69, 9.17) is 0 Å². The molecule has 0 saturated carbocycles. The van der Waals surface area contributed by atoms with E-state index in [2.05, 4.69) is 15.0 Å². The van der Waals surface area contributed by atoms with Crippen LogP contribution in [-0.4, -0.2) is 31.1 Å². The van der Waals surface area contributed by atoms with Crippen LogP contribution in [-0.2, 0) is 16.6 Å². The predicted molar refractivity (Wildman–Crippen MR) is 78.0 cm³/mol. The standard InChI is InChI=1S/C13H18N4O2S/c1-11(9-17-8-7-15-10-17)16-20(18,19)13-5-3-12(14-2)4-6-13/h3-8,10-11,14,16H,9H2,1-2H3. The molecule has 0 spiro atoms. The summed E-state index contributed by atoms with van der Waals surface area (Å²) in [5.74, 6) is 0. The molecule has 2 aromatic rings. The van der Waals surface area contributed by atoms with Gasteiger partial charge in [-0.1, -0.05) is 0 Å². The molecular formula is C13H18N4O2S. The number of hydrogen-bond donors (Lipinski definition) is 2. The molecule has 0 fully saturated rings. The monoisotopic (exact) mass is 294 g/mol. The average Bonchev–Trinajstić information content (AvgIpc) is 2.91. The molecule has 0 aliphatic rings. The lowest BCUT2D eigenvalue weighted by molar-refractivity contribution is 0.520. The Morgan fingerprint density at radius 2 is 2.00 bits per heavy atom. The van der Waals surface area contributed by atoms with Crippen molar-refractivity contribution in [2.45, 2.75) is 24.4 Å². The van der Waals surface area contributed by atoms with Crippen LogP contribution in [0.3, 0.4) is 0 Å². The zero-order valence-corrected chi connectivity index (χ0v) is 12.3. The van der Waals surface area contributed by atoms with Crippen LogP contribution in [0.25, 0.3) is 0 Å². The topological polar surface area (TPSA) is 76.0 Å². The Morgan fingerprint density at radius 1 is 1.30 bits per heavy atom. The van der Waals surface area contributed by atoms with Crippen molar-refractivity contribution in [1.29, 1.82) is 0 Å². The summed E-state index contributed by atoms with van der Waals surface area (Å²) in [6.45, 7) is 2.35. The van der Waals surface area contributed by atoms with Crippen LogP contribution >= 0.6 is 0 Å². The van der Waals surface area contributed by atoms with Gasteiger partial charge in [-0.25, -0.2) is 18.1 Å². The van der Waals surface area contributed by atoms with Crippen molar-refractivity contribution in [2.75, 3.05) is 12.4 Å². The molecule has 108 valence electrons. The second kappa shape index (κ2) is 6.06. The van der Waals surface area contributed by atoms with E-state index in [1.165, 1.54) is 0 Å². The number of nitrogens with zero attached hydrogens (tertiary/aromatic N) is 2. The van der Waals surface area contributed by atoms with Crippen molar-refractivity contribution in [3.63, 3.8) is 0 Å². The molecule has 0 radical (unpaired) electrons. The first-order valence-corrected chi connectivity index (χ1v) is 7.75. The van der Waals surface area contributed by atoms with E-state index in [1.54, 1.807) is 50.0 Å². The second-order valence-corrected chi connectivity index (χ2v) is 6.27. The van der Waals surface area contributed by atoms with Gasteiger partial charge in [0, 0.05) is 37.7 Å². The normalized spacial score (nSPS) is 13.1. The minimum absolute atomic E-state index is 0.224. The minimum atomic E-state index is -3.50. The molecule has 1 heterocycles. The predicted octanol–water partition coefficient (Wildman–Crippen LogP) is 1.29. The number of nitrogens with one attached hydrogen (secondary N) is 2. The van der Waals surface area contributed by atoms with Crippen LogP contribution < -0.4 is 10.0 Å². The maximum absolute atomic E-state index is 12.2. The number of sulfonamides is 1. The van der Waals surface area contributed by atoms with Crippen LogP contribution in [0, 0.1) is 0 Å². The lowest BCUT2D eigenvalue weighted by Gasteiger charge is -2.15. The lowest BCUT2D eigenvalue weighted by atomic mass is 10.3. The Bertz CT molecular complexity index is 636. The van der Waals surface area contributed by atoms with Gasteiger partial charge in [0.15, 0.2) is 0 Å². The van der Waals surface area contributed by atoms with Gasteiger partial charge in [-0.2, -0.15) is 0 Å². The van der Waals surface area contributed by atoms with E-state index in [-0.39, 0.29) is 10.9 Å². The summed E-state index contributed by atoms with van der Waals surface area (Å²) >= 11 is 0. The lowest BCUT2D eigenvalue weighted by Crippen LogP contribution is -2.35. The van der Waals surface area contributed by atoms with Crippen molar-refractivity contribution in [2.24, 2.45) is 0 Å². The van der Waals surface area contributed by atoms with E-state index in [1.807, 2.05) is 11.5 Å². The van der Waals surface area contributed by atoms with Gasteiger partial charge in [0.2, 0.25) is 10.0 Å². The Hall–Kier alpha value is -1.86. The number of rotatable bonds is 6. The highest BCUT2D eigenvalue weighted by Gasteiger charge is 2.17. The summed E-state index contributed by atoms with van der Waals surface area (Å²) in [5.41, 5.74) is 0.871. The molecule has 1 unspecified atom stereocenters. The summed E-state index contributed by atoms with van der Waals surface area (Å²) in [4.78, 5) is 4.19. The van der Waals surface area contributed by atoms with Gasteiger partial charge in [0.1, 0.15) is 0 Å². The highest BCUT2D eigenvalue weighted by atomic mass is 32.2. The second-order valence-electron chi connectivity index (χ2n) is 4.56. The maximum Gasteiger partial charge on any atom is 0.240 e. The van der Waals surface area contributed by atoms with Gasteiger partial charge in [-0.3, -0.25) is 0 Å². The Morgan fingerprint density at radius 3 is 2.55 bits per heavy atom. The third-order valence-corrected chi connectivity index (χ3v) is 4.46. The molecule has 0 saturated heterocycles. The number of aromatic nitrogens is 2. The van der Waals surface area contributed by atoms with Crippen LogP contribution in [0.4, 0.5) is 5.69 Å². The summed E-state index contributed by atoms with van der Waals surface area (Å²) in [7, 11) is -1.71. The van der Waals surface area contributed by atoms with E-state index >= 15 is 0 Å². The molecule has 0 aliphatic carbocycles. The first kappa shape index (κ1) is 14.5. The van der Waals surface area contributed by atoms with Crippen molar-refractivity contribution < 1.29 is 8.42 Å². The molecule has 0 bridgehead atoms. The molecular weight excluding hydrogens is 276 g/mol. The highest BCUT2D eigenvalue weighted by Crippen LogP contribution is 2.13. The fourth-order valence-corrected chi connectivity index (χ4v) is 3.12. The van der Waals surface area contributed by atoms with Gasteiger partial charge in [0.05, 0.1) is 11.2 Å². The molecule has 1 aromatic heterocycles.